The third-order valence-corrected chi connectivity index (χ3v) is 17.1. The molecule has 4 rings (SSSR count). The Hall–Kier alpha value is -2.73. The van der Waals surface area contributed by atoms with E-state index < -0.39 is 108 Å². The standard InChI is InChI=1S/C57H103FN6O16P2/c1-3-5-7-9-11-13-15-17-19-21-23-25-27-29-31-33-36-60-54-44(58)40-64(57(69)62-54)50-39-45(66)47(78-50)42-76-82(73,74)77-43-48(75-38-34-32-30-28-26-24-22-20-18-16-14-12-10-8-6-4-2)53(80-81(70,71)72)51-46(41-65)79-55(52(51)67)63-37-35-49(59)61-56(63)68/h35,37,40,45-48,50-53,55,65-67H,3-34,36,38-39,41-43H2,1-2H3,(H,73,74)(H2,59,61,68)(H,60,62,69)(H2,70,71,72). The van der Waals surface area contributed by atoms with Crippen molar-refractivity contribution in [3.63, 3.8) is 0 Å². The maximum atomic E-state index is 15.3. The predicted molar refractivity (Wildman–Crippen MR) is 312 cm³/mol. The fourth-order valence-corrected chi connectivity index (χ4v) is 12.3. The molecule has 10 unspecified atom stereocenters. The van der Waals surface area contributed by atoms with Gasteiger partial charge >= 0.3 is 27.0 Å². The van der Waals surface area contributed by atoms with Crippen LogP contribution < -0.4 is 22.4 Å². The summed E-state index contributed by atoms with van der Waals surface area (Å²) in [6.45, 7) is 2.28. The molecule has 2 aliphatic heterocycles. The summed E-state index contributed by atoms with van der Waals surface area (Å²) in [5.74, 6) is -2.72. The Morgan fingerprint density at radius 1 is 0.695 bits per heavy atom. The molecule has 2 aromatic heterocycles. The molecule has 0 aromatic carbocycles. The maximum absolute atomic E-state index is 15.3. The van der Waals surface area contributed by atoms with E-state index in [1.165, 1.54) is 154 Å². The first-order valence-corrected chi connectivity index (χ1v) is 34.1. The second kappa shape index (κ2) is 40.6. The predicted octanol–water partition coefficient (Wildman–Crippen LogP) is 10.7. The summed E-state index contributed by atoms with van der Waals surface area (Å²) < 4.78 is 76.7. The van der Waals surface area contributed by atoms with Crippen molar-refractivity contribution in [2.45, 2.75) is 275 Å². The van der Waals surface area contributed by atoms with Gasteiger partial charge in [0.05, 0.1) is 38.2 Å². The van der Waals surface area contributed by atoms with Crippen molar-refractivity contribution in [1.29, 1.82) is 0 Å². The van der Waals surface area contributed by atoms with Crippen LogP contribution in [0.1, 0.15) is 238 Å². The number of unbranched alkanes of at least 4 members (excludes halogenated alkanes) is 30. The molecule has 0 amide bonds. The Labute approximate surface area is 486 Å². The number of nitrogens with zero attached hydrogens (tertiary/aromatic N) is 4. The van der Waals surface area contributed by atoms with Crippen LogP contribution in [-0.2, 0) is 36.9 Å². The van der Waals surface area contributed by atoms with Crippen molar-refractivity contribution in [2.75, 3.05) is 44.0 Å². The van der Waals surface area contributed by atoms with E-state index in [2.05, 4.69) is 29.1 Å². The van der Waals surface area contributed by atoms with Crippen LogP contribution in [-0.4, -0.2) is 119 Å². The molecule has 0 radical (unpaired) electrons. The molecule has 82 heavy (non-hydrogen) atoms. The van der Waals surface area contributed by atoms with Gasteiger partial charge in [0.1, 0.15) is 36.5 Å². The highest BCUT2D eigenvalue weighted by Crippen LogP contribution is 2.48. The third kappa shape index (κ3) is 27.8. The first-order chi connectivity index (χ1) is 39.5. The molecule has 2 fully saturated rings. The van der Waals surface area contributed by atoms with E-state index in [1.54, 1.807) is 0 Å². The lowest BCUT2D eigenvalue weighted by molar-refractivity contribution is -0.107. The molecule has 2 aromatic rings. The lowest BCUT2D eigenvalue weighted by Crippen LogP contribution is -2.48. The second-order valence-corrected chi connectivity index (χ2v) is 25.1. The highest BCUT2D eigenvalue weighted by Gasteiger charge is 2.53. The lowest BCUT2D eigenvalue weighted by Gasteiger charge is -2.34. The minimum absolute atomic E-state index is 0.0583. The number of anilines is 2. The highest BCUT2D eigenvalue weighted by atomic mass is 31.2. The smallest absolute Gasteiger partial charge is 0.394 e. The van der Waals surface area contributed by atoms with Gasteiger partial charge in [0.25, 0.3) is 0 Å². The largest absolute Gasteiger partial charge is 0.472 e. The average Bonchev–Trinajstić information content (AvgIpc) is 3.98. The van der Waals surface area contributed by atoms with Gasteiger partial charge in [0.2, 0.25) is 0 Å². The van der Waals surface area contributed by atoms with E-state index in [-0.39, 0.29) is 24.7 Å². The summed E-state index contributed by atoms with van der Waals surface area (Å²) in [7, 11) is -10.6. The number of nitrogen functional groups attached to an aromatic ring is 1. The summed E-state index contributed by atoms with van der Waals surface area (Å²) in [6, 6.07) is 1.25. The van der Waals surface area contributed by atoms with E-state index in [0.717, 1.165) is 66.7 Å². The Morgan fingerprint density at radius 3 is 1.67 bits per heavy atom. The average molecular weight is 1210 g/mol. The van der Waals surface area contributed by atoms with E-state index in [4.69, 9.17) is 33.5 Å². The van der Waals surface area contributed by atoms with Gasteiger partial charge in [-0.2, -0.15) is 9.97 Å². The Morgan fingerprint density at radius 2 is 1.18 bits per heavy atom. The van der Waals surface area contributed by atoms with E-state index in [1.807, 2.05) is 0 Å². The number of halogens is 1. The number of phosphoric ester groups is 2. The summed E-state index contributed by atoms with van der Waals surface area (Å²) in [4.78, 5) is 64.7. The van der Waals surface area contributed by atoms with Crippen LogP contribution in [0.5, 0.6) is 0 Å². The number of hydrogen-bond donors (Lipinski definition) is 8. The van der Waals surface area contributed by atoms with Gasteiger partial charge in [0.15, 0.2) is 17.9 Å². The van der Waals surface area contributed by atoms with Crippen LogP contribution in [0.15, 0.2) is 28.0 Å². The SMILES string of the molecule is CCCCCCCCCCCCCCCCCCNc1nc(=O)n(C2CC(O)C(COP(=O)(O)OCC(OCCCCCCCCCCCCCCCCCC)C(OP(=O)(O)O)C3C(CO)OC(n4ccc(N)nc4=O)C3O)O2)cc1F. The quantitative estimate of drug-likeness (QED) is 0.0225. The van der Waals surface area contributed by atoms with E-state index in [0.29, 0.717) is 19.4 Å². The van der Waals surface area contributed by atoms with Crippen molar-refractivity contribution in [2.24, 2.45) is 5.92 Å². The van der Waals surface area contributed by atoms with Crippen molar-refractivity contribution in [3.05, 3.63) is 45.2 Å². The minimum atomic E-state index is -5.48. The Bertz CT molecular complexity index is 2250. The number of rotatable bonds is 49. The van der Waals surface area contributed by atoms with Gasteiger partial charge in [-0.05, 0) is 18.9 Å². The fraction of sp³-hybridized carbons (Fsp3) is 0.860. The van der Waals surface area contributed by atoms with Gasteiger partial charge in [0, 0.05) is 31.7 Å². The monoisotopic (exact) mass is 1210 g/mol. The van der Waals surface area contributed by atoms with Crippen LogP contribution in [0.4, 0.5) is 16.0 Å². The number of nitrogens with two attached hydrogens (primary N) is 1. The summed E-state index contributed by atoms with van der Waals surface area (Å²) in [5, 5.41) is 35.9. The number of nitrogens with one attached hydrogen (secondary N) is 1. The van der Waals surface area contributed by atoms with Crippen molar-refractivity contribution in [1.82, 2.24) is 19.1 Å². The number of aromatic nitrogens is 4. The Balaban J connectivity index is 1.28. The van der Waals surface area contributed by atoms with Crippen LogP contribution in [0.3, 0.4) is 0 Å². The molecule has 0 bridgehead atoms. The molecular formula is C57H103FN6O16P2. The van der Waals surface area contributed by atoms with Crippen LogP contribution in [0, 0.1) is 11.7 Å². The van der Waals surface area contributed by atoms with Gasteiger partial charge in [-0.15, -0.1) is 0 Å². The number of aliphatic hydroxyl groups is 3. The van der Waals surface area contributed by atoms with Crippen LogP contribution in [0.2, 0.25) is 0 Å². The first-order valence-electron chi connectivity index (χ1n) is 31.1. The van der Waals surface area contributed by atoms with Gasteiger partial charge in [-0.25, -0.2) is 23.1 Å². The number of aliphatic hydroxyl groups excluding tert-OH is 3. The molecule has 2 saturated heterocycles. The zero-order valence-electron chi connectivity index (χ0n) is 49.2. The maximum Gasteiger partial charge on any atom is 0.472 e. The van der Waals surface area contributed by atoms with Gasteiger partial charge in [-0.1, -0.05) is 206 Å². The molecule has 25 heteroatoms. The Kier molecular flexibility index (Phi) is 35.5. The van der Waals surface area contributed by atoms with E-state index >= 15 is 4.39 Å². The number of phosphoric acid groups is 2. The zero-order chi connectivity index (χ0) is 59.6. The molecule has 9 N–H and O–H groups in total. The van der Waals surface area contributed by atoms with Crippen LogP contribution >= 0.6 is 15.6 Å². The van der Waals surface area contributed by atoms with Crippen molar-refractivity contribution in [3.8, 4) is 0 Å². The normalized spacial score (nSPS) is 21.7. The second-order valence-electron chi connectivity index (χ2n) is 22.5. The first kappa shape index (κ1) is 71.7. The third-order valence-electron chi connectivity index (χ3n) is 15.6. The molecule has 22 nitrogen and oxygen atoms in total. The minimum Gasteiger partial charge on any atom is -0.394 e. The topological polar surface area (TPSA) is 319 Å². The molecule has 474 valence electrons. The molecule has 0 aliphatic carbocycles. The number of hydrogen-bond acceptors (Lipinski definition) is 17. The number of ether oxygens (including phenoxy) is 3. The molecule has 0 saturated carbocycles. The fourth-order valence-electron chi connectivity index (χ4n) is 10.9. The van der Waals surface area contributed by atoms with E-state index in [9.17, 15) is 48.7 Å². The van der Waals surface area contributed by atoms with Crippen LogP contribution in [0.25, 0.3) is 0 Å². The van der Waals surface area contributed by atoms with Crippen molar-refractivity contribution >= 4 is 27.3 Å². The summed E-state index contributed by atoms with van der Waals surface area (Å²) >= 11 is 0. The lowest BCUT2D eigenvalue weighted by atomic mass is 9.89. The molecular weight excluding hydrogens is 1110 g/mol. The summed E-state index contributed by atoms with van der Waals surface area (Å²) in [5.41, 5.74) is 3.86. The molecule has 0 spiro atoms. The van der Waals surface area contributed by atoms with Crippen molar-refractivity contribution < 1.29 is 71.3 Å². The molecule has 10 atom stereocenters. The molecule has 4 heterocycles. The molecule has 2 aliphatic rings. The summed E-state index contributed by atoms with van der Waals surface area (Å²) in [6.07, 6.45) is 27.2. The zero-order valence-corrected chi connectivity index (χ0v) is 51.0. The van der Waals surface area contributed by atoms with Gasteiger partial charge < -0.3 is 55.3 Å². The van der Waals surface area contributed by atoms with Gasteiger partial charge in [-0.3, -0.25) is 22.7 Å². The highest BCUT2D eigenvalue weighted by molar-refractivity contribution is 7.47.